The standard InChI is InChI=1S/C10H16O4/c1-5-3-4-7(6(2)9(11)12)8(5)10(13)14/h5-8H,3-4H2,1-2H3,(H,11,12)(H,13,14)/t5-,6+,7+,8-/m0/s1. The lowest BCUT2D eigenvalue weighted by Gasteiger charge is -2.21. The van der Waals surface area contributed by atoms with E-state index < -0.39 is 23.8 Å². The van der Waals surface area contributed by atoms with E-state index in [4.69, 9.17) is 10.2 Å². The molecule has 0 amide bonds. The Morgan fingerprint density at radius 1 is 1.29 bits per heavy atom. The van der Waals surface area contributed by atoms with E-state index in [1.807, 2.05) is 6.92 Å². The normalized spacial score (nSPS) is 34.0. The summed E-state index contributed by atoms with van der Waals surface area (Å²) in [6.45, 7) is 3.48. The predicted molar refractivity (Wildman–Crippen MR) is 49.8 cm³/mol. The Kier molecular flexibility index (Phi) is 3.13. The molecule has 4 heteroatoms. The fourth-order valence-electron chi connectivity index (χ4n) is 2.41. The molecule has 1 saturated carbocycles. The van der Waals surface area contributed by atoms with Crippen molar-refractivity contribution < 1.29 is 19.8 Å². The molecule has 1 aliphatic rings. The van der Waals surface area contributed by atoms with Gasteiger partial charge >= 0.3 is 11.9 Å². The van der Waals surface area contributed by atoms with Gasteiger partial charge < -0.3 is 10.2 Å². The van der Waals surface area contributed by atoms with Gasteiger partial charge in [0, 0.05) is 0 Å². The van der Waals surface area contributed by atoms with Gasteiger partial charge in [0.25, 0.3) is 0 Å². The van der Waals surface area contributed by atoms with Gasteiger partial charge in [-0.05, 0) is 24.7 Å². The Morgan fingerprint density at radius 2 is 1.86 bits per heavy atom. The number of carboxylic acid groups (broad SMARTS) is 2. The molecule has 0 aromatic rings. The maximum Gasteiger partial charge on any atom is 0.307 e. The third kappa shape index (κ3) is 1.89. The van der Waals surface area contributed by atoms with Gasteiger partial charge in [0.05, 0.1) is 11.8 Å². The van der Waals surface area contributed by atoms with Crippen molar-refractivity contribution in [1.82, 2.24) is 0 Å². The molecular weight excluding hydrogens is 184 g/mol. The summed E-state index contributed by atoms with van der Waals surface area (Å²) in [4.78, 5) is 21.7. The van der Waals surface area contributed by atoms with E-state index in [1.54, 1.807) is 6.92 Å². The van der Waals surface area contributed by atoms with Crippen molar-refractivity contribution in [2.24, 2.45) is 23.7 Å². The van der Waals surface area contributed by atoms with Crippen LogP contribution in [0.15, 0.2) is 0 Å². The van der Waals surface area contributed by atoms with E-state index in [-0.39, 0.29) is 11.8 Å². The molecule has 0 bridgehead atoms. The van der Waals surface area contributed by atoms with Crippen LogP contribution in [-0.4, -0.2) is 22.2 Å². The lowest BCUT2D eigenvalue weighted by Crippen LogP contribution is -2.30. The summed E-state index contributed by atoms with van der Waals surface area (Å²) in [6.07, 6.45) is 1.53. The van der Waals surface area contributed by atoms with Crippen LogP contribution in [0, 0.1) is 23.7 Å². The lowest BCUT2D eigenvalue weighted by atomic mass is 9.82. The highest BCUT2D eigenvalue weighted by Gasteiger charge is 2.43. The van der Waals surface area contributed by atoms with Crippen molar-refractivity contribution in [3.8, 4) is 0 Å². The zero-order valence-corrected chi connectivity index (χ0v) is 8.43. The first-order valence-corrected chi connectivity index (χ1v) is 4.90. The van der Waals surface area contributed by atoms with Crippen LogP contribution in [0.1, 0.15) is 26.7 Å². The number of hydrogen-bond donors (Lipinski definition) is 2. The quantitative estimate of drug-likeness (QED) is 0.723. The second-order valence-electron chi connectivity index (χ2n) is 4.21. The lowest BCUT2D eigenvalue weighted by molar-refractivity contribution is -0.148. The first-order valence-electron chi connectivity index (χ1n) is 4.90. The average Bonchev–Trinajstić information content (AvgIpc) is 2.45. The Balaban J connectivity index is 2.79. The van der Waals surface area contributed by atoms with Gasteiger partial charge in [-0.2, -0.15) is 0 Å². The highest BCUT2D eigenvalue weighted by Crippen LogP contribution is 2.41. The van der Waals surface area contributed by atoms with Gasteiger partial charge in [-0.25, -0.2) is 0 Å². The predicted octanol–water partition coefficient (Wildman–Crippen LogP) is 1.45. The minimum Gasteiger partial charge on any atom is -0.481 e. The second-order valence-corrected chi connectivity index (χ2v) is 4.21. The maximum absolute atomic E-state index is 11.0. The van der Waals surface area contributed by atoms with Gasteiger partial charge in [-0.3, -0.25) is 9.59 Å². The Morgan fingerprint density at radius 3 is 2.29 bits per heavy atom. The van der Waals surface area contributed by atoms with E-state index in [2.05, 4.69) is 0 Å². The summed E-state index contributed by atoms with van der Waals surface area (Å²) in [7, 11) is 0. The van der Waals surface area contributed by atoms with E-state index in [0.717, 1.165) is 6.42 Å². The summed E-state index contributed by atoms with van der Waals surface area (Å²) >= 11 is 0. The van der Waals surface area contributed by atoms with Gasteiger partial charge in [0.1, 0.15) is 0 Å². The maximum atomic E-state index is 11.0. The van der Waals surface area contributed by atoms with Crippen LogP contribution in [0.4, 0.5) is 0 Å². The van der Waals surface area contributed by atoms with Crippen LogP contribution in [0.5, 0.6) is 0 Å². The minimum absolute atomic E-state index is 0.0966. The smallest absolute Gasteiger partial charge is 0.307 e. The average molecular weight is 200 g/mol. The molecule has 80 valence electrons. The molecule has 0 radical (unpaired) electrons. The van der Waals surface area contributed by atoms with Gasteiger partial charge in [-0.15, -0.1) is 0 Å². The number of hydrogen-bond acceptors (Lipinski definition) is 2. The van der Waals surface area contributed by atoms with Crippen LogP contribution in [0.3, 0.4) is 0 Å². The van der Waals surface area contributed by atoms with Gasteiger partial charge in [0.15, 0.2) is 0 Å². The Hall–Kier alpha value is -1.06. The van der Waals surface area contributed by atoms with Crippen molar-refractivity contribution in [1.29, 1.82) is 0 Å². The van der Waals surface area contributed by atoms with Gasteiger partial charge in [0.2, 0.25) is 0 Å². The summed E-state index contributed by atoms with van der Waals surface area (Å²) < 4.78 is 0. The molecule has 0 unspecified atom stereocenters. The van der Waals surface area contributed by atoms with Crippen molar-refractivity contribution in [3.63, 3.8) is 0 Å². The fourth-order valence-corrected chi connectivity index (χ4v) is 2.41. The SMILES string of the molecule is C[C@H]1CC[C@H]([C@@H](C)C(=O)O)[C@H]1C(=O)O. The molecule has 0 aromatic heterocycles. The van der Waals surface area contributed by atoms with E-state index in [0.29, 0.717) is 6.42 Å². The van der Waals surface area contributed by atoms with E-state index in [9.17, 15) is 9.59 Å². The molecule has 2 N–H and O–H groups in total. The number of aliphatic carboxylic acids is 2. The van der Waals surface area contributed by atoms with Crippen molar-refractivity contribution in [2.45, 2.75) is 26.7 Å². The molecule has 4 nitrogen and oxygen atoms in total. The second kappa shape index (κ2) is 3.98. The molecule has 1 aliphatic carbocycles. The third-order valence-corrected chi connectivity index (χ3v) is 3.35. The van der Waals surface area contributed by atoms with Crippen LogP contribution in [0.2, 0.25) is 0 Å². The van der Waals surface area contributed by atoms with E-state index >= 15 is 0 Å². The Bertz CT molecular complexity index is 249. The van der Waals surface area contributed by atoms with Crippen molar-refractivity contribution in [2.75, 3.05) is 0 Å². The molecule has 1 rings (SSSR count). The van der Waals surface area contributed by atoms with Crippen LogP contribution in [-0.2, 0) is 9.59 Å². The molecule has 1 fully saturated rings. The largest absolute Gasteiger partial charge is 0.481 e. The zero-order valence-electron chi connectivity index (χ0n) is 8.43. The minimum atomic E-state index is -0.893. The summed E-state index contributed by atoms with van der Waals surface area (Å²) in [5, 5.41) is 17.8. The van der Waals surface area contributed by atoms with Crippen molar-refractivity contribution in [3.05, 3.63) is 0 Å². The highest BCUT2D eigenvalue weighted by atomic mass is 16.4. The van der Waals surface area contributed by atoms with Crippen LogP contribution in [0.25, 0.3) is 0 Å². The first kappa shape index (κ1) is 11.0. The molecule has 0 saturated heterocycles. The molecule has 0 aromatic carbocycles. The Labute approximate surface area is 82.9 Å². The van der Waals surface area contributed by atoms with Crippen LogP contribution >= 0.6 is 0 Å². The summed E-state index contributed by atoms with van der Waals surface area (Å²) in [5.74, 6) is -2.90. The molecule has 4 atom stereocenters. The first-order chi connectivity index (χ1) is 6.45. The van der Waals surface area contributed by atoms with Crippen molar-refractivity contribution >= 4 is 11.9 Å². The number of carboxylic acids is 2. The third-order valence-electron chi connectivity index (χ3n) is 3.35. The highest BCUT2D eigenvalue weighted by molar-refractivity contribution is 5.75. The molecule has 0 aliphatic heterocycles. The topological polar surface area (TPSA) is 74.6 Å². The zero-order chi connectivity index (χ0) is 10.9. The fraction of sp³-hybridized carbons (Fsp3) is 0.800. The van der Waals surface area contributed by atoms with Gasteiger partial charge in [-0.1, -0.05) is 13.8 Å². The van der Waals surface area contributed by atoms with E-state index in [1.165, 1.54) is 0 Å². The molecule has 14 heavy (non-hydrogen) atoms. The van der Waals surface area contributed by atoms with Crippen LogP contribution < -0.4 is 0 Å². The monoisotopic (exact) mass is 200 g/mol. The summed E-state index contributed by atoms with van der Waals surface area (Å²) in [6, 6.07) is 0. The number of carbonyl (C=O) groups is 2. The molecule has 0 heterocycles. The molecular formula is C10H16O4. The summed E-state index contributed by atoms with van der Waals surface area (Å²) in [5.41, 5.74) is 0. The number of rotatable bonds is 3. The molecule has 0 spiro atoms.